The maximum absolute atomic E-state index is 12.6. The van der Waals surface area contributed by atoms with Gasteiger partial charge in [0.05, 0.1) is 6.61 Å². The predicted octanol–water partition coefficient (Wildman–Crippen LogP) is 3.96. The fraction of sp³-hybridized carbons (Fsp3) is 0.571. The molecule has 0 bridgehead atoms. The molecule has 26 heavy (non-hydrogen) atoms. The van der Waals surface area contributed by atoms with E-state index >= 15 is 0 Å². The largest absolute Gasteiger partial charge is 0.451 e. The van der Waals surface area contributed by atoms with Gasteiger partial charge in [0.2, 0.25) is 0 Å². The van der Waals surface area contributed by atoms with Gasteiger partial charge in [-0.1, -0.05) is 24.6 Å². The van der Waals surface area contributed by atoms with E-state index in [0.717, 1.165) is 29.5 Å². The van der Waals surface area contributed by atoms with Crippen LogP contribution in [0.25, 0.3) is 11.0 Å². The zero-order valence-corrected chi connectivity index (χ0v) is 15.9. The monoisotopic (exact) mass is 358 g/mol. The average Bonchev–Trinajstić information content (AvgIpc) is 3.03. The standard InChI is InChI=1S/C21H30N2O3/c1-3-25-15-18-17-10-4-5-11-19(17)26-20(18)21(24)22-12-8-14-23-13-7-6-9-16(23)2/h4-5,10-11,16H,3,6-9,12-15H2,1-2H3,(H,22,24)/t16-/m0/s1. The van der Waals surface area contributed by atoms with Crippen molar-refractivity contribution in [1.29, 1.82) is 0 Å². The van der Waals surface area contributed by atoms with E-state index in [1.807, 2.05) is 31.2 Å². The SMILES string of the molecule is CCOCc1c(C(=O)NCCCN2CCCC[C@@H]2C)oc2ccccc12. The number of nitrogens with zero attached hydrogens (tertiary/aromatic N) is 1. The highest BCUT2D eigenvalue weighted by molar-refractivity contribution is 5.99. The molecule has 1 atom stereocenters. The molecule has 142 valence electrons. The summed E-state index contributed by atoms with van der Waals surface area (Å²) in [6.45, 7) is 8.11. The summed E-state index contributed by atoms with van der Waals surface area (Å²) in [5, 5.41) is 3.97. The molecule has 1 aliphatic heterocycles. The lowest BCUT2D eigenvalue weighted by atomic mass is 10.0. The van der Waals surface area contributed by atoms with E-state index in [1.54, 1.807) is 0 Å². The Morgan fingerprint density at radius 1 is 1.35 bits per heavy atom. The van der Waals surface area contributed by atoms with Crippen LogP contribution in [-0.2, 0) is 11.3 Å². The van der Waals surface area contributed by atoms with Crippen molar-refractivity contribution in [3.8, 4) is 0 Å². The zero-order chi connectivity index (χ0) is 18.4. The van der Waals surface area contributed by atoms with E-state index in [9.17, 15) is 4.79 Å². The Morgan fingerprint density at radius 2 is 2.19 bits per heavy atom. The highest BCUT2D eigenvalue weighted by atomic mass is 16.5. The number of amides is 1. The molecule has 1 N–H and O–H groups in total. The number of para-hydroxylation sites is 1. The number of nitrogens with one attached hydrogen (secondary N) is 1. The fourth-order valence-corrected chi connectivity index (χ4v) is 3.68. The molecule has 5 nitrogen and oxygen atoms in total. The third-order valence-corrected chi connectivity index (χ3v) is 5.20. The molecule has 5 heteroatoms. The van der Waals surface area contributed by atoms with Crippen LogP contribution in [0.2, 0.25) is 0 Å². The van der Waals surface area contributed by atoms with Crippen LogP contribution in [0.1, 0.15) is 55.6 Å². The molecule has 1 fully saturated rings. The van der Waals surface area contributed by atoms with Crippen LogP contribution in [-0.4, -0.2) is 43.1 Å². The molecule has 0 saturated carbocycles. The summed E-state index contributed by atoms with van der Waals surface area (Å²) in [5.41, 5.74) is 1.57. The molecule has 3 rings (SSSR count). The Balaban J connectivity index is 1.58. The summed E-state index contributed by atoms with van der Waals surface area (Å²) < 4.78 is 11.4. The maximum Gasteiger partial charge on any atom is 0.287 e. The lowest BCUT2D eigenvalue weighted by Gasteiger charge is -2.33. The van der Waals surface area contributed by atoms with Crippen molar-refractivity contribution < 1.29 is 13.9 Å². The maximum atomic E-state index is 12.6. The third kappa shape index (κ3) is 4.46. The van der Waals surface area contributed by atoms with Crippen LogP contribution in [0.3, 0.4) is 0 Å². The average molecular weight is 358 g/mol. The van der Waals surface area contributed by atoms with E-state index in [0.29, 0.717) is 31.6 Å². The Kier molecular flexibility index (Phi) is 6.69. The second-order valence-corrected chi connectivity index (χ2v) is 7.03. The molecule has 0 unspecified atom stereocenters. The van der Waals surface area contributed by atoms with Gasteiger partial charge in [-0.05, 0) is 45.7 Å². The first-order chi connectivity index (χ1) is 12.7. The number of carbonyl (C=O) groups is 1. The number of furan rings is 1. The molecule has 1 aromatic heterocycles. The van der Waals surface area contributed by atoms with Crippen LogP contribution in [0.4, 0.5) is 0 Å². The van der Waals surface area contributed by atoms with E-state index in [2.05, 4.69) is 17.1 Å². The van der Waals surface area contributed by atoms with E-state index in [1.165, 1.54) is 25.8 Å². The molecular weight excluding hydrogens is 328 g/mol. The first-order valence-corrected chi connectivity index (χ1v) is 9.81. The molecule has 2 aromatic rings. The van der Waals surface area contributed by atoms with Gasteiger partial charge >= 0.3 is 0 Å². The van der Waals surface area contributed by atoms with Gasteiger partial charge in [0, 0.05) is 36.7 Å². The second-order valence-electron chi connectivity index (χ2n) is 7.03. The molecule has 1 aliphatic rings. The van der Waals surface area contributed by atoms with Gasteiger partial charge in [-0.25, -0.2) is 0 Å². The van der Waals surface area contributed by atoms with Gasteiger partial charge in [-0.2, -0.15) is 0 Å². The van der Waals surface area contributed by atoms with E-state index in [4.69, 9.17) is 9.15 Å². The number of benzene rings is 1. The number of hydrogen-bond acceptors (Lipinski definition) is 4. The minimum atomic E-state index is -0.150. The van der Waals surface area contributed by atoms with Crippen molar-refractivity contribution in [2.45, 2.75) is 52.2 Å². The molecule has 1 aromatic carbocycles. The predicted molar refractivity (Wildman–Crippen MR) is 103 cm³/mol. The molecular formula is C21H30N2O3. The van der Waals surface area contributed by atoms with Crippen LogP contribution in [0, 0.1) is 0 Å². The number of likely N-dealkylation sites (tertiary alicyclic amines) is 1. The Hall–Kier alpha value is -1.85. The van der Waals surface area contributed by atoms with Crippen molar-refractivity contribution in [2.24, 2.45) is 0 Å². The van der Waals surface area contributed by atoms with Gasteiger partial charge in [-0.15, -0.1) is 0 Å². The van der Waals surface area contributed by atoms with Crippen molar-refractivity contribution in [2.75, 3.05) is 26.2 Å². The van der Waals surface area contributed by atoms with Crippen molar-refractivity contribution in [1.82, 2.24) is 10.2 Å². The number of ether oxygens (including phenoxy) is 1. The molecule has 1 amide bonds. The van der Waals surface area contributed by atoms with Crippen molar-refractivity contribution >= 4 is 16.9 Å². The number of hydrogen-bond donors (Lipinski definition) is 1. The normalized spacial score (nSPS) is 18.3. The number of piperidine rings is 1. The molecule has 2 heterocycles. The quantitative estimate of drug-likeness (QED) is 0.726. The van der Waals surface area contributed by atoms with E-state index < -0.39 is 0 Å². The number of fused-ring (bicyclic) bond motifs is 1. The van der Waals surface area contributed by atoms with Gasteiger partial charge in [-0.3, -0.25) is 4.79 Å². The minimum Gasteiger partial charge on any atom is -0.451 e. The van der Waals surface area contributed by atoms with Crippen LogP contribution in [0.15, 0.2) is 28.7 Å². The number of rotatable bonds is 8. The van der Waals surface area contributed by atoms with Gasteiger partial charge in [0.25, 0.3) is 5.91 Å². The van der Waals surface area contributed by atoms with Crippen LogP contribution >= 0.6 is 0 Å². The highest BCUT2D eigenvalue weighted by Gasteiger charge is 2.21. The molecule has 0 aliphatic carbocycles. The summed E-state index contributed by atoms with van der Waals surface area (Å²) in [5.74, 6) is 0.230. The number of carbonyl (C=O) groups excluding carboxylic acids is 1. The fourth-order valence-electron chi connectivity index (χ4n) is 3.68. The Labute approximate surface area is 155 Å². The molecule has 1 saturated heterocycles. The molecule has 0 spiro atoms. The lowest BCUT2D eigenvalue weighted by Crippen LogP contribution is -2.39. The smallest absolute Gasteiger partial charge is 0.287 e. The second kappa shape index (κ2) is 9.19. The lowest BCUT2D eigenvalue weighted by molar-refractivity contribution is 0.0910. The first-order valence-electron chi connectivity index (χ1n) is 9.81. The van der Waals surface area contributed by atoms with Crippen molar-refractivity contribution in [3.63, 3.8) is 0 Å². The third-order valence-electron chi connectivity index (χ3n) is 5.20. The first kappa shape index (κ1) is 18.9. The van der Waals surface area contributed by atoms with Crippen LogP contribution in [0.5, 0.6) is 0 Å². The van der Waals surface area contributed by atoms with Gasteiger partial charge in [0.1, 0.15) is 5.58 Å². The van der Waals surface area contributed by atoms with Gasteiger partial charge < -0.3 is 19.4 Å². The van der Waals surface area contributed by atoms with Gasteiger partial charge in [0.15, 0.2) is 5.76 Å². The summed E-state index contributed by atoms with van der Waals surface area (Å²) in [6.07, 6.45) is 4.86. The summed E-state index contributed by atoms with van der Waals surface area (Å²) in [6, 6.07) is 8.39. The summed E-state index contributed by atoms with van der Waals surface area (Å²) >= 11 is 0. The summed E-state index contributed by atoms with van der Waals surface area (Å²) in [7, 11) is 0. The van der Waals surface area contributed by atoms with E-state index in [-0.39, 0.29) is 5.91 Å². The minimum absolute atomic E-state index is 0.150. The highest BCUT2D eigenvalue weighted by Crippen LogP contribution is 2.26. The zero-order valence-electron chi connectivity index (χ0n) is 15.9. The summed E-state index contributed by atoms with van der Waals surface area (Å²) in [4.78, 5) is 15.2. The van der Waals surface area contributed by atoms with Crippen LogP contribution < -0.4 is 5.32 Å². The van der Waals surface area contributed by atoms with Crippen molar-refractivity contribution in [3.05, 3.63) is 35.6 Å². The topological polar surface area (TPSA) is 54.7 Å². The Morgan fingerprint density at radius 3 is 3.00 bits per heavy atom. The molecule has 0 radical (unpaired) electrons. The Bertz CT molecular complexity index is 725.